The average Bonchev–Trinajstić information content (AvgIpc) is 2.71. The van der Waals surface area contributed by atoms with E-state index in [1.165, 1.54) is 19.7 Å². The van der Waals surface area contributed by atoms with E-state index in [0.29, 0.717) is 35.3 Å². The first-order valence-electron chi connectivity index (χ1n) is 10.5. The first-order chi connectivity index (χ1) is 14.1. The van der Waals surface area contributed by atoms with Crippen molar-refractivity contribution >= 4 is 29.2 Å². The van der Waals surface area contributed by atoms with Gasteiger partial charge in [-0.2, -0.15) is 5.10 Å². The van der Waals surface area contributed by atoms with E-state index in [9.17, 15) is 14.4 Å². The van der Waals surface area contributed by atoms with Gasteiger partial charge in [0, 0.05) is 6.04 Å². The van der Waals surface area contributed by atoms with Gasteiger partial charge in [0.1, 0.15) is 17.6 Å². The number of carbonyl (C=O) groups is 2. The van der Waals surface area contributed by atoms with Gasteiger partial charge in [-0.15, -0.1) is 0 Å². The number of hydrogen-bond donors (Lipinski definition) is 2. The summed E-state index contributed by atoms with van der Waals surface area (Å²) in [4.78, 5) is 36.5. The third-order valence-electron chi connectivity index (χ3n) is 7.20. The topological polar surface area (TPSA) is 102 Å². The molecule has 0 spiro atoms. The largest absolute Gasteiger partial charge is 0.467 e. The lowest BCUT2D eigenvalue weighted by atomic mass is 9.45. The Morgan fingerprint density at radius 3 is 2.67 bits per heavy atom. The molecule has 0 aliphatic heterocycles. The molecule has 3 aliphatic rings. The van der Waals surface area contributed by atoms with Crippen LogP contribution in [0.3, 0.4) is 0 Å². The van der Waals surface area contributed by atoms with Crippen LogP contribution in [0.25, 0.3) is 0 Å². The van der Waals surface area contributed by atoms with Crippen molar-refractivity contribution in [3.05, 3.63) is 21.6 Å². The van der Waals surface area contributed by atoms with Crippen molar-refractivity contribution in [3.63, 3.8) is 0 Å². The summed E-state index contributed by atoms with van der Waals surface area (Å²) in [5, 5.41) is 10.1. The number of halogens is 1. The van der Waals surface area contributed by atoms with E-state index in [0.717, 1.165) is 11.1 Å². The van der Waals surface area contributed by atoms with Gasteiger partial charge >= 0.3 is 5.97 Å². The van der Waals surface area contributed by atoms with Crippen LogP contribution in [0, 0.1) is 23.2 Å². The van der Waals surface area contributed by atoms with Gasteiger partial charge < -0.3 is 15.4 Å². The van der Waals surface area contributed by atoms with E-state index < -0.39 is 23.5 Å². The second kappa shape index (κ2) is 8.57. The molecular formula is C21H31ClN4O4. The molecule has 166 valence electrons. The molecule has 1 aromatic heterocycles. The highest BCUT2D eigenvalue weighted by Gasteiger charge is 2.56. The van der Waals surface area contributed by atoms with Crippen LogP contribution in [0.4, 0.5) is 5.69 Å². The lowest BCUT2D eigenvalue weighted by molar-refractivity contribution is -0.145. The zero-order valence-electron chi connectivity index (χ0n) is 18.2. The zero-order valence-corrected chi connectivity index (χ0v) is 19.0. The summed E-state index contributed by atoms with van der Waals surface area (Å²) >= 11 is 6.32. The highest BCUT2D eigenvalue weighted by molar-refractivity contribution is 6.32. The molecule has 0 saturated heterocycles. The minimum Gasteiger partial charge on any atom is -0.467 e. The molecule has 1 amide bonds. The van der Waals surface area contributed by atoms with E-state index in [2.05, 4.69) is 41.2 Å². The van der Waals surface area contributed by atoms with E-state index in [-0.39, 0.29) is 17.6 Å². The standard InChI is InChI=1S/C21H31ClN4O4/c1-6-14(20(29)30-5)25-17(27)10-26-19(28)18(22)16(9-23-26)24-15-8-12-7-13(11(15)2)21(12,3)4/h9,11-15,24H,6-8,10H2,1-5H3,(H,25,27)/t11-,12+,13-,14?,15-/m1/s1. The average molecular weight is 439 g/mol. The number of anilines is 1. The van der Waals surface area contributed by atoms with E-state index in [4.69, 9.17) is 11.6 Å². The second-order valence-corrected chi connectivity index (χ2v) is 9.47. The quantitative estimate of drug-likeness (QED) is 0.634. The van der Waals surface area contributed by atoms with Crippen molar-refractivity contribution in [1.82, 2.24) is 15.1 Å². The Kier molecular flexibility index (Phi) is 6.45. The molecule has 0 radical (unpaired) electrons. The maximum Gasteiger partial charge on any atom is 0.328 e. The van der Waals surface area contributed by atoms with E-state index in [1.807, 2.05) is 0 Å². The summed E-state index contributed by atoms with van der Waals surface area (Å²) in [6, 6.07) is -0.525. The van der Waals surface area contributed by atoms with Crippen LogP contribution in [-0.2, 0) is 20.9 Å². The summed E-state index contributed by atoms with van der Waals surface area (Å²) in [5.41, 5.74) is 0.323. The van der Waals surface area contributed by atoms with E-state index >= 15 is 0 Å². The van der Waals surface area contributed by atoms with Gasteiger partial charge in [-0.05, 0) is 42.4 Å². The van der Waals surface area contributed by atoms with Crippen molar-refractivity contribution in [2.24, 2.45) is 23.2 Å². The van der Waals surface area contributed by atoms with Gasteiger partial charge in [-0.25, -0.2) is 9.48 Å². The third kappa shape index (κ3) is 4.06. The van der Waals surface area contributed by atoms with Crippen molar-refractivity contribution in [2.45, 2.75) is 65.6 Å². The smallest absolute Gasteiger partial charge is 0.328 e. The molecule has 9 heteroatoms. The number of esters is 1. The van der Waals surface area contributed by atoms with Gasteiger partial charge in [0.05, 0.1) is 19.0 Å². The molecule has 1 aromatic rings. The van der Waals surface area contributed by atoms with Crippen LogP contribution in [0.5, 0.6) is 0 Å². The molecule has 30 heavy (non-hydrogen) atoms. The van der Waals surface area contributed by atoms with Crippen LogP contribution in [-0.4, -0.2) is 40.9 Å². The molecule has 3 saturated carbocycles. The Bertz CT molecular complexity index is 884. The molecule has 8 nitrogen and oxygen atoms in total. The molecule has 3 fully saturated rings. The molecule has 3 aliphatic carbocycles. The summed E-state index contributed by atoms with van der Waals surface area (Å²) in [5.74, 6) is 0.756. The molecule has 1 unspecified atom stereocenters. The maximum absolute atomic E-state index is 12.6. The zero-order chi connectivity index (χ0) is 22.2. The number of nitrogens with zero attached hydrogens (tertiary/aromatic N) is 2. The van der Waals surface area contributed by atoms with Crippen molar-refractivity contribution < 1.29 is 14.3 Å². The predicted octanol–water partition coefficient (Wildman–Crippen LogP) is 2.45. The molecule has 4 rings (SSSR count). The number of aromatic nitrogens is 2. The highest BCUT2D eigenvalue weighted by atomic mass is 35.5. The molecule has 5 atom stereocenters. The lowest BCUT2D eigenvalue weighted by Crippen LogP contribution is -2.58. The van der Waals surface area contributed by atoms with Crippen molar-refractivity contribution in [3.8, 4) is 0 Å². The van der Waals surface area contributed by atoms with Crippen LogP contribution in [0.1, 0.15) is 47.0 Å². The monoisotopic (exact) mass is 438 g/mol. The normalized spacial score (nSPS) is 27.5. The van der Waals surface area contributed by atoms with Gasteiger partial charge in [0.25, 0.3) is 5.56 Å². The molecule has 1 heterocycles. The SMILES string of the molecule is CCC(NC(=O)Cn1ncc(N[C@@H]2C[C@@H]3C[C@H]([C@H]2C)C3(C)C)c(Cl)c1=O)C(=O)OC. The number of amides is 1. The fourth-order valence-electron chi connectivity index (χ4n) is 5.06. The highest BCUT2D eigenvalue weighted by Crippen LogP contribution is 2.61. The van der Waals surface area contributed by atoms with E-state index in [1.54, 1.807) is 6.92 Å². The number of ether oxygens (including phenoxy) is 1. The molecule has 0 aromatic carbocycles. The number of rotatable bonds is 7. The van der Waals surface area contributed by atoms with Crippen LogP contribution < -0.4 is 16.2 Å². The second-order valence-electron chi connectivity index (χ2n) is 9.09. The Labute approximate surface area is 181 Å². The molecular weight excluding hydrogens is 408 g/mol. The summed E-state index contributed by atoms with van der Waals surface area (Å²) < 4.78 is 5.65. The van der Waals surface area contributed by atoms with Gasteiger partial charge in [-0.1, -0.05) is 39.3 Å². The summed E-state index contributed by atoms with van der Waals surface area (Å²) in [6.07, 6.45) is 4.17. The fourth-order valence-corrected chi connectivity index (χ4v) is 5.27. The molecule has 2 N–H and O–H groups in total. The number of hydrogen-bond acceptors (Lipinski definition) is 6. The Balaban J connectivity index is 1.67. The molecule has 2 bridgehead atoms. The first-order valence-corrected chi connectivity index (χ1v) is 10.9. The fraction of sp³-hybridized carbons (Fsp3) is 0.714. The predicted molar refractivity (Wildman–Crippen MR) is 114 cm³/mol. The number of carbonyl (C=O) groups excluding carboxylic acids is 2. The van der Waals surface area contributed by atoms with Crippen molar-refractivity contribution in [2.75, 3.05) is 12.4 Å². The Morgan fingerprint density at radius 2 is 2.10 bits per heavy atom. The van der Waals surface area contributed by atoms with Crippen LogP contribution >= 0.6 is 11.6 Å². The van der Waals surface area contributed by atoms with Crippen molar-refractivity contribution in [1.29, 1.82) is 0 Å². The summed E-state index contributed by atoms with van der Waals surface area (Å²) in [7, 11) is 1.26. The summed E-state index contributed by atoms with van der Waals surface area (Å²) in [6.45, 7) is 8.34. The first kappa shape index (κ1) is 22.6. The van der Waals surface area contributed by atoms with Gasteiger partial charge in [0.15, 0.2) is 0 Å². The van der Waals surface area contributed by atoms with Crippen LogP contribution in [0.15, 0.2) is 11.0 Å². The van der Waals surface area contributed by atoms with Gasteiger partial charge in [-0.3, -0.25) is 9.59 Å². The Hall–Kier alpha value is -2.09. The Morgan fingerprint density at radius 1 is 1.40 bits per heavy atom. The number of fused-ring (bicyclic) bond motifs is 2. The maximum atomic E-state index is 12.6. The minimum atomic E-state index is -0.766. The lowest BCUT2D eigenvalue weighted by Gasteiger charge is -2.62. The van der Waals surface area contributed by atoms with Crippen LogP contribution in [0.2, 0.25) is 5.02 Å². The minimum absolute atomic E-state index is 0.0171. The third-order valence-corrected chi connectivity index (χ3v) is 7.57. The van der Waals surface area contributed by atoms with Gasteiger partial charge in [0.2, 0.25) is 5.91 Å². The number of nitrogens with one attached hydrogen (secondary N) is 2. The number of methoxy groups -OCH3 is 1.